The summed E-state index contributed by atoms with van der Waals surface area (Å²) in [7, 11) is 3.03. The molecular formula is C27H31N3O8. The molecule has 0 amide bonds. The summed E-state index contributed by atoms with van der Waals surface area (Å²) in [4.78, 5) is 39.1. The third-order valence-electron chi connectivity index (χ3n) is 7.49. The highest BCUT2D eigenvalue weighted by molar-refractivity contribution is 5.94. The summed E-state index contributed by atoms with van der Waals surface area (Å²) in [5.41, 5.74) is -0.809. The number of para-hydroxylation sites is 2. The number of nitrogens with one attached hydrogen (secondary N) is 1. The summed E-state index contributed by atoms with van der Waals surface area (Å²) in [6.45, 7) is 3.94. The molecule has 4 rings (SSSR count). The Hall–Kier alpha value is -4.12. The Morgan fingerprint density at radius 1 is 1.24 bits per heavy atom. The summed E-state index contributed by atoms with van der Waals surface area (Å²) >= 11 is 0. The number of carbonyl (C=O) groups excluding carboxylic acids is 1. The van der Waals surface area contributed by atoms with Crippen LogP contribution >= 0.6 is 0 Å². The van der Waals surface area contributed by atoms with Crippen molar-refractivity contribution in [3.8, 4) is 11.5 Å². The first-order chi connectivity index (χ1) is 18.1. The zero-order valence-electron chi connectivity index (χ0n) is 21.7. The predicted octanol–water partition coefficient (Wildman–Crippen LogP) is 3.31. The lowest BCUT2D eigenvalue weighted by Gasteiger charge is -2.48. The number of benzene rings is 2. The molecule has 0 radical (unpaired) electrons. The van der Waals surface area contributed by atoms with Crippen LogP contribution in [0.1, 0.15) is 31.7 Å². The molecule has 2 N–H and O–H groups in total. The van der Waals surface area contributed by atoms with E-state index in [0.29, 0.717) is 22.8 Å². The number of ether oxygens (including phenoxy) is 3. The van der Waals surface area contributed by atoms with Crippen LogP contribution in [0.2, 0.25) is 0 Å². The number of aliphatic carboxylic acids is 1. The molecule has 0 spiro atoms. The van der Waals surface area contributed by atoms with Crippen molar-refractivity contribution in [3.63, 3.8) is 0 Å². The summed E-state index contributed by atoms with van der Waals surface area (Å²) in [6, 6.07) is 12.4. The van der Waals surface area contributed by atoms with Crippen LogP contribution in [0.3, 0.4) is 0 Å². The molecule has 4 atom stereocenters. The molecule has 0 saturated carbocycles. The molecule has 0 aromatic heterocycles. The van der Waals surface area contributed by atoms with E-state index >= 15 is 0 Å². The van der Waals surface area contributed by atoms with E-state index in [0.717, 1.165) is 0 Å². The Morgan fingerprint density at radius 2 is 1.95 bits per heavy atom. The first-order valence-corrected chi connectivity index (χ1v) is 12.2. The Morgan fingerprint density at radius 3 is 2.61 bits per heavy atom. The molecule has 2 aromatic carbocycles. The van der Waals surface area contributed by atoms with Gasteiger partial charge in [-0.25, -0.2) is 4.79 Å². The van der Waals surface area contributed by atoms with Crippen LogP contribution in [0.25, 0.3) is 0 Å². The van der Waals surface area contributed by atoms with Gasteiger partial charge >= 0.3 is 11.9 Å². The summed E-state index contributed by atoms with van der Waals surface area (Å²) in [5.74, 6) is -1.61. The molecule has 0 aliphatic carbocycles. The Labute approximate surface area is 220 Å². The highest BCUT2D eigenvalue weighted by atomic mass is 16.6. The van der Waals surface area contributed by atoms with E-state index in [1.165, 1.54) is 25.3 Å². The Kier molecular flexibility index (Phi) is 7.58. The van der Waals surface area contributed by atoms with Crippen molar-refractivity contribution < 1.29 is 33.8 Å². The first-order valence-electron chi connectivity index (χ1n) is 12.2. The number of nitro groups is 1. The fourth-order valence-electron chi connectivity index (χ4n) is 5.43. The SMILES string of the molecule is COC(=O)C1=C(C)NC(C)C(CCN(C)C2COc3ccccc3O2)(C(=O)O)C1c1cccc([N+](=O)[O-])c1. The van der Waals surface area contributed by atoms with Gasteiger partial charge in [0, 0.05) is 36.3 Å². The van der Waals surface area contributed by atoms with Crippen molar-refractivity contribution in [2.75, 3.05) is 27.3 Å². The highest BCUT2D eigenvalue weighted by Gasteiger charge is 2.56. The monoisotopic (exact) mass is 525 g/mol. The zero-order valence-corrected chi connectivity index (χ0v) is 21.7. The molecule has 0 saturated heterocycles. The molecule has 11 heteroatoms. The molecule has 0 bridgehead atoms. The van der Waals surface area contributed by atoms with Gasteiger partial charge in [-0.05, 0) is 45.0 Å². The molecule has 202 valence electrons. The molecule has 2 aliphatic rings. The van der Waals surface area contributed by atoms with E-state index in [-0.39, 0.29) is 30.8 Å². The maximum absolute atomic E-state index is 13.2. The number of carboxylic acids is 1. The van der Waals surface area contributed by atoms with Crippen LogP contribution in [-0.4, -0.2) is 66.4 Å². The minimum Gasteiger partial charge on any atom is -0.484 e. The number of allylic oxidation sites excluding steroid dienone is 1. The largest absolute Gasteiger partial charge is 0.484 e. The standard InChI is InChI=1S/C27H31N3O8/c1-16-23(25(31)36-4)24(18-8-7-9-19(14-18)30(34)35)27(26(32)33,17(2)28-16)12-13-29(3)22-15-37-20-10-5-6-11-21(20)38-22/h5-11,14,17,22,24,28H,12-13,15H2,1-4H3,(H,32,33). The fourth-order valence-corrected chi connectivity index (χ4v) is 5.43. The van der Waals surface area contributed by atoms with Gasteiger partial charge in [-0.3, -0.25) is 19.8 Å². The van der Waals surface area contributed by atoms with Gasteiger partial charge < -0.3 is 24.6 Å². The van der Waals surface area contributed by atoms with Crippen molar-refractivity contribution in [1.29, 1.82) is 0 Å². The smallest absolute Gasteiger partial charge is 0.336 e. The van der Waals surface area contributed by atoms with E-state index in [2.05, 4.69) is 5.32 Å². The van der Waals surface area contributed by atoms with Gasteiger partial charge in [-0.15, -0.1) is 0 Å². The third kappa shape index (κ3) is 4.76. The average molecular weight is 526 g/mol. The topological polar surface area (TPSA) is 140 Å². The Bertz CT molecular complexity index is 1280. The van der Waals surface area contributed by atoms with Crippen molar-refractivity contribution in [3.05, 3.63) is 75.5 Å². The van der Waals surface area contributed by atoms with E-state index < -0.39 is 40.5 Å². The molecule has 0 fully saturated rings. The number of carboxylic acid groups (broad SMARTS) is 1. The predicted molar refractivity (Wildman–Crippen MR) is 137 cm³/mol. The lowest BCUT2D eigenvalue weighted by molar-refractivity contribution is -0.384. The van der Waals surface area contributed by atoms with Gasteiger partial charge in [-0.1, -0.05) is 24.3 Å². The van der Waals surface area contributed by atoms with Gasteiger partial charge in [0.2, 0.25) is 0 Å². The fraction of sp³-hybridized carbons (Fsp3) is 0.407. The van der Waals surface area contributed by atoms with Crippen LogP contribution in [0.15, 0.2) is 59.8 Å². The van der Waals surface area contributed by atoms with Crippen LogP contribution in [-0.2, 0) is 14.3 Å². The van der Waals surface area contributed by atoms with Crippen molar-refractivity contribution >= 4 is 17.6 Å². The highest BCUT2D eigenvalue weighted by Crippen LogP contribution is 2.51. The molecule has 38 heavy (non-hydrogen) atoms. The number of nitrogens with zero attached hydrogens (tertiary/aromatic N) is 2. The van der Waals surface area contributed by atoms with Gasteiger partial charge in [0.25, 0.3) is 5.69 Å². The van der Waals surface area contributed by atoms with Crippen molar-refractivity contribution in [1.82, 2.24) is 10.2 Å². The van der Waals surface area contributed by atoms with E-state index in [1.54, 1.807) is 26.0 Å². The van der Waals surface area contributed by atoms with Gasteiger partial charge in [0.15, 0.2) is 17.7 Å². The first kappa shape index (κ1) is 26.9. The average Bonchev–Trinajstić information content (AvgIpc) is 2.91. The molecule has 2 aliphatic heterocycles. The van der Waals surface area contributed by atoms with Gasteiger partial charge in [0.1, 0.15) is 6.61 Å². The number of esters is 1. The molecule has 2 heterocycles. The van der Waals surface area contributed by atoms with Crippen LogP contribution in [0.4, 0.5) is 5.69 Å². The van der Waals surface area contributed by atoms with Crippen LogP contribution < -0.4 is 14.8 Å². The van der Waals surface area contributed by atoms with E-state index in [4.69, 9.17) is 14.2 Å². The normalized spacial score (nSPS) is 24.5. The minimum absolute atomic E-state index is 0.0929. The molecular weight excluding hydrogens is 494 g/mol. The maximum Gasteiger partial charge on any atom is 0.336 e. The Balaban J connectivity index is 1.73. The second-order valence-electron chi connectivity index (χ2n) is 9.59. The number of carbonyl (C=O) groups is 2. The van der Waals surface area contributed by atoms with E-state index in [1.807, 2.05) is 30.1 Å². The lowest BCUT2D eigenvalue weighted by atomic mass is 9.60. The number of hydrogen-bond acceptors (Lipinski definition) is 9. The number of methoxy groups -OCH3 is 1. The number of non-ortho nitro benzene ring substituents is 1. The van der Waals surface area contributed by atoms with E-state index in [9.17, 15) is 24.8 Å². The number of likely N-dealkylation sites (N-methyl/N-ethyl adjacent to an activating group) is 1. The van der Waals surface area contributed by atoms with Crippen molar-refractivity contribution in [2.24, 2.45) is 5.41 Å². The van der Waals surface area contributed by atoms with Crippen LogP contribution in [0, 0.1) is 15.5 Å². The molecule has 2 aromatic rings. The lowest BCUT2D eigenvalue weighted by Crippen LogP contribution is -2.58. The molecule has 11 nitrogen and oxygen atoms in total. The number of fused-ring (bicyclic) bond motifs is 1. The van der Waals surface area contributed by atoms with Crippen molar-refractivity contribution in [2.45, 2.75) is 38.5 Å². The second-order valence-corrected chi connectivity index (χ2v) is 9.59. The summed E-state index contributed by atoms with van der Waals surface area (Å²) in [5, 5.41) is 25.5. The molecule has 4 unspecified atom stereocenters. The number of rotatable bonds is 8. The summed E-state index contributed by atoms with van der Waals surface area (Å²) < 4.78 is 16.9. The van der Waals surface area contributed by atoms with Gasteiger partial charge in [0.05, 0.1) is 23.0 Å². The number of nitro benzene ring substituents is 1. The quantitative estimate of drug-likeness (QED) is 0.300. The third-order valence-corrected chi connectivity index (χ3v) is 7.49. The minimum atomic E-state index is -1.56. The maximum atomic E-state index is 13.2. The second kappa shape index (κ2) is 10.7. The van der Waals surface area contributed by atoms with Crippen LogP contribution in [0.5, 0.6) is 11.5 Å². The van der Waals surface area contributed by atoms with Gasteiger partial charge in [-0.2, -0.15) is 0 Å². The summed E-state index contributed by atoms with van der Waals surface area (Å²) in [6.07, 6.45) is -0.369. The zero-order chi connectivity index (χ0) is 27.6. The number of hydrogen-bond donors (Lipinski definition) is 2.